The summed E-state index contributed by atoms with van der Waals surface area (Å²) < 4.78 is 5.25. The summed E-state index contributed by atoms with van der Waals surface area (Å²) in [6, 6.07) is 0. The maximum Gasteiger partial charge on any atom is 0.307 e. The Hall–Kier alpha value is -1.10. The molecule has 1 fully saturated rings. The summed E-state index contributed by atoms with van der Waals surface area (Å²) in [6.07, 6.45) is 0.0494. The van der Waals surface area contributed by atoms with Crippen molar-refractivity contribution in [1.82, 2.24) is 5.32 Å². The molecule has 0 aliphatic carbocycles. The van der Waals surface area contributed by atoms with E-state index in [-0.39, 0.29) is 18.3 Å². The Morgan fingerprint density at radius 1 is 1.47 bits per heavy atom. The number of nitrogens with two attached hydrogens (primary N) is 1. The molecule has 5 heteroatoms. The molecular formula is C12H22N2O3. The fraction of sp³-hybridized carbons (Fsp3) is 0.833. The van der Waals surface area contributed by atoms with Crippen LogP contribution >= 0.6 is 0 Å². The highest BCUT2D eigenvalue weighted by molar-refractivity contribution is 5.87. The fourth-order valence-corrected chi connectivity index (χ4v) is 2.17. The van der Waals surface area contributed by atoms with Crippen LogP contribution in [0, 0.1) is 11.3 Å². The number of amides is 1. The van der Waals surface area contributed by atoms with Crippen LogP contribution in [0.3, 0.4) is 0 Å². The first-order chi connectivity index (χ1) is 7.67. The van der Waals surface area contributed by atoms with Crippen molar-refractivity contribution in [3.63, 3.8) is 0 Å². The van der Waals surface area contributed by atoms with E-state index < -0.39 is 16.9 Å². The second-order valence-electron chi connectivity index (χ2n) is 5.82. The smallest absolute Gasteiger partial charge is 0.307 e. The summed E-state index contributed by atoms with van der Waals surface area (Å²) in [4.78, 5) is 23.4. The summed E-state index contributed by atoms with van der Waals surface area (Å²) in [6.45, 7) is 8.48. The zero-order valence-electron chi connectivity index (χ0n) is 11.0. The molecule has 0 aromatic heterocycles. The number of carbonyl (C=O) groups is 2. The molecule has 0 radical (unpaired) electrons. The van der Waals surface area contributed by atoms with Gasteiger partial charge in [-0.3, -0.25) is 9.59 Å². The third kappa shape index (κ3) is 3.19. The van der Waals surface area contributed by atoms with E-state index in [9.17, 15) is 9.59 Å². The summed E-state index contributed by atoms with van der Waals surface area (Å²) >= 11 is 0. The minimum Gasteiger partial charge on any atom is -0.460 e. The number of esters is 1. The second-order valence-corrected chi connectivity index (χ2v) is 5.82. The lowest BCUT2D eigenvalue weighted by atomic mass is 9.75. The number of carbonyl (C=O) groups excluding carboxylic acids is 2. The maximum atomic E-state index is 11.8. The van der Waals surface area contributed by atoms with E-state index >= 15 is 0 Å². The van der Waals surface area contributed by atoms with Gasteiger partial charge in [0.25, 0.3) is 0 Å². The molecule has 1 amide bonds. The van der Waals surface area contributed by atoms with E-state index in [1.54, 1.807) is 20.8 Å². The molecule has 17 heavy (non-hydrogen) atoms. The first-order valence-corrected chi connectivity index (χ1v) is 5.90. The molecule has 5 nitrogen and oxygen atoms in total. The summed E-state index contributed by atoms with van der Waals surface area (Å²) in [5, 5.41) is 3.10. The fourth-order valence-electron chi connectivity index (χ4n) is 2.17. The highest BCUT2D eigenvalue weighted by atomic mass is 16.6. The van der Waals surface area contributed by atoms with E-state index in [2.05, 4.69) is 5.32 Å². The highest BCUT2D eigenvalue weighted by Gasteiger charge is 2.47. The van der Waals surface area contributed by atoms with Crippen LogP contribution in [-0.2, 0) is 14.3 Å². The molecule has 1 saturated heterocycles. The van der Waals surface area contributed by atoms with Gasteiger partial charge < -0.3 is 15.8 Å². The Kier molecular flexibility index (Phi) is 3.81. The van der Waals surface area contributed by atoms with Crippen molar-refractivity contribution in [2.45, 2.75) is 39.7 Å². The minimum absolute atomic E-state index is 0.0486. The van der Waals surface area contributed by atoms with Gasteiger partial charge in [0.15, 0.2) is 0 Å². The number of rotatable bonds is 3. The largest absolute Gasteiger partial charge is 0.460 e. The van der Waals surface area contributed by atoms with E-state index in [1.165, 1.54) is 0 Å². The third-order valence-electron chi connectivity index (χ3n) is 3.20. The Bertz CT molecular complexity index is 322. The Morgan fingerprint density at radius 3 is 2.41 bits per heavy atom. The first kappa shape index (κ1) is 14.0. The van der Waals surface area contributed by atoms with Gasteiger partial charge in [-0.15, -0.1) is 0 Å². The van der Waals surface area contributed by atoms with Crippen molar-refractivity contribution in [2.75, 3.05) is 13.1 Å². The van der Waals surface area contributed by atoms with E-state index in [4.69, 9.17) is 10.5 Å². The van der Waals surface area contributed by atoms with Gasteiger partial charge in [0.2, 0.25) is 5.91 Å². The summed E-state index contributed by atoms with van der Waals surface area (Å²) in [7, 11) is 0. The molecule has 0 unspecified atom stereocenters. The van der Waals surface area contributed by atoms with Crippen molar-refractivity contribution >= 4 is 11.9 Å². The lowest BCUT2D eigenvalue weighted by Crippen LogP contribution is -2.45. The van der Waals surface area contributed by atoms with Gasteiger partial charge in [-0.25, -0.2) is 0 Å². The highest BCUT2D eigenvalue weighted by Crippen LogP contribution is 2.35. The Balaban J connectivity index is 2.75. The lowest BCUT2D eigenvalue weighted by Gasteiger charge is -2.30. The normalized spacial score (nSPS) is 29.1. The van der Waals surface area contributed by atoms with Crippen LogP contribution < -0.4 is 11.1 Å². The molecule has 98 valence electrons. The number of nitrogens with one attached hydrogen (secondary N) is 1. The lowest BCUT2D eigenvalue weighted by molar-refractivity contribution is -0.160. The molecule has 0 aromatic rings. The molecule has 1 aliphatic rings. The predicted molar refractivity (Wildman–Crippen MR) is 64.1 cm³/mol. The van der Waals surface area contributed by atoms with Crippen LogP contribution in [0.25, 0.3) is 0 Å². The van der Waals surface area contributed by atoms with Crippen LogP contribution in [0.1, 0.15) is 34.1 Å². The molecule has 0 saturated carbocycles. The topological polar surface area (TPSA) is 81.4 Å². The minimum atomic E-state index is -0.803. The van der Waals surface area contributed by atoms with Crippen molar-refractivity contribution in [2.24, 2.45) is 17.1 Å². The van der Waals surface area contributed by atoms with Crippen molar-refractivity contribution < 1.29 is 14.3 Å². The standard InChI is InChI=1S/C12H22N2O3/c1-8-6-14-7-12(8,10(13)16)5-9(15)17-11(2,3)4/h8,14H,5-7H2,1-4H3,(H2,13,16)/t8-,12+/m0/s1. The summed E-state index contributed by atoms with van der Waals surface area (Å²) in [5.41, 5.74) is 4.11. The van der Waals surface area contributed by atoms with Crippen LogP contribution in [0.15, 0.2) is 0 Å². The quantitative estimate of drug-likeness (QED) is 0.703. The molecule has 3 N–H and O–H groups in total. The van der Waals surface area contributed by atoms with Gasteiger partial charge in [-0.1, -0.05) is 6.92 Å². The van der Waals surface area contributed by atoms with Gasteiger partial charge in [0, 0.05) is 6.54 Å². The average Bonchev–Trinajstić information content (AvgIpc) is 2.45. The van der Waals surface area contributed by atoms with Gasteiger partial charge in [0.1, 0.15) is 5.60 Å². The maximum absolute atomic E-state index is 11.8. The van der Waals surface area contributed by atoms with Crippen molar-refractivity contribution in [3.05, 3.63) is 0 Å². The van der Waals surface area contributed by atoms with Gasteiger partial charge in [0.05, 0.1) is 11.8 Å². The van der Waals surface area contributed by atoms with Gasteiger partial charge >= 0.3 is 5.97 Å². The van der Waals surface area contributed by atoms with Crippen LogP contribution in [0.4, 0.5) is 0 Å². The zero-order chi connectivity index (χ0) is 13.3. The first-order valence-electron chi connectivity index (χ1n) is 5.90. The molecular weight excluding hydrogens is 220 g/mol. The van der Waals surface area contributed by atoms with Crippen molar-refractivity contribution in [3.8, 4) is 0 Å². The van der Waals surface area contributed by atoms with Crippen LogP contribution in [-0.4, -0.2) is 30.6 Å². The predicted octanol–water partition coefficient (Wildman–Crippen LogP) is 0.429. The van der Waals surface area contributed by atoms with Gasteiger partial charge in [-0.2, -0.15) is 0 Å². The Morgan fingerprint density at radius 2 is 2.06 bits per heavy atom. The van der Waals surface area contributed by atoms with Crippen LogP contribution in [0.5, 0.6) is 0 Å². The molecule has 0 aromatic carbocycles. The van der Waals surface area contributed by atoms with Crippen molar-refractivity contribution in [1.29, 1.82) is 0 Å². The molecule has 0 spiro atoms. The monoisotopic (exact) mass is 242 g/mol. The summed E-state index contributed by atoms with van der Waals surface area (Å²) in [5.74, 6) is -0.750. The SMILES string of the molecule is C[C@H]1CNC[C@@]1(CC(=O)OC(C)(C)C)C(N)=O. The molecule has 2 atom stereocenters. The number of primary amides is 1. The second kappa shape index (κ2) is 4.64. The van der Waals surface area contributed by atoms with Gasteiger partial charge in [-0.05, 0) is 33.2 Å². The third-order valence-corrected chi connectivity index (χ3v) is 3.20. The Labute approximate surface area is 102 Å². The molecule has 1 heterocycles. The zero-order valence-corrected chi connectivity index (χ0v) is 11.0. The number of hydrogen-bond acceptors (Lipinski definition) is 4. The number of hydrogen-bond donors (Lipinski definition) is 2. The van der Waals surface area contributed by atoms with E-state index in [0.717, 1.165) is 0 Å². The van der Waals surface area contributed by atoms with E-state index in [1.807, 2.05) is 6.92 Å². The molecule has 1 aliphatic heterocycles. The molecule has 0 bridgehead atoms. The number of ether oxygens (including phenoxy) is 1. The average molecular weight is 242 g/mol. The van der Waals surface area contributed by atoms with E-state index in [0.29, 0.717) is 13.1 Å². The molecule has 1 rings (SSSR count). The van der Waals surface area contributed by atoms with Crippen LogP contribution in [0.2, 0.25) is 0 Å².